The summed E-state index contributed by atoms with van der Waals surface area (Å²) in [6, 6.07) is 21.8. The molecule has 0 aliphatic carbocycles. The van der Waals surface area contributed by atoms with E-state index in [9.17, 15) is 4.79 Å². The van der Waals surface area contributed by atoms with E-state index in [2.05, 4.69) is 0 Å². The molecule has 0 N–H and O–H groups in total. The van der Waals surface area contributed by atoms with Crippen LogP contribution in [-0.4, -0.2) is 5.97 Å². The van der Waals surface area contributed by atoms with E-state index in [1.807, 2.05) is 73.7 Å². The minimum absolute atomic E-state index is 0.258. The number of esters is 1. The summed E-state index contributed by atoms with van der Waals surface area (Å²) in [5, 5.41) is 0. The third-order valence-electron chi connectivity index (χ3n) is 4.43. The number of benzene rings is 2. The van der Waals surface area contributed by atoms with Crippen molar-refractivity contribution in [1.82, 2.24) is 0 Å². The van der Waals surface area contributed by atoms with Crippen LogP contribution in [0.25, 0.3) is 5.57 Å². The number of hydrogen-bond acceptors (Lipinski definition) is 3. The number of ether oxygens (including phenoxy) is 1. The molecule has 0 radical (unpaired) electrons. The van der Waals surface area contributed by atoms with Gasteiger partial charge in [0.2, 0.25) is 0 Å². The Morgan fingerprint density at radius 1 is 0.960 bits per heavy atom. The van der Waals surface area contributed by atoms with Crippen LogP contribution in [0.5, 0.6) is 0 Å². The Bertz CT molecular complexity index is 920. The zero-order chi connectivity index (χ0) is 17.2. The van der Waals surface area contributed by atoms with E-state index in [0.29, 0.717) is 12.0 Å². The van der Waals surface area contributed by atoms with Crippen molar-refractivity contribution >= 4 is 11.5 Å². The van der Waals surface area contributed by atoms with Gasteiger partial charge in [-0.1, -0.05) is 60.7 Å². The number of rotatable bonds is 4. The molecule has 3 aromatic rings. The Labute approximate surface area is 146 Å². The van der Waals surface area contributed by atoms with Crippen molar-refractivity contribution < 1.29 is 13.9 Å². The van der Waals surface area contributed by atoms with E-state index in [0.717, 1.165) is 28.0 Å². The molecule has 0 fully saturated rings. The van der Waals surface area contributed by atoms with Crippen LogP contribution in [-0.2, 0) is 16.0 Å². The van der Waals surface area contributed by atoms with Crippen molar-refractivity contribution in [3.05, 3.63) is 101 Å². The minimum atomic E-state index is -0.399. The lowest BCUT2D eigenvalue weighted by Crippen LogP contribution is -2.04. The molecule has 3 heteroatoms. The second-order valence-electron chi connectivity index (χ2n) is 6.20. The number of furan rings is 1. The summed E-state index contributed by atoms with van der Waals surface area (Å²) in [5.74, 6) is 0.555. The predicted octanol–water partition coefficient (Wildman–Crippen LogP) is 4.88. The van der Waals surface area contributed by atoms with Crippen molar-refractivity contribution in [1.29, 1.82) is 0 Å². The molecule has 1 unspecified atom stereocenters. The fourth-order valence-corrected chi connectivity index (χ4v) is 3.25. The topological polar surface area (TPSA) is 39.4 Å². The van der Waals surface area contributed by atoms with Crippen LogP contribution in [0.1, 0.15) is 28.6 Å². The molecule has 1 aliphatic heterocycles. The van der Waals surface area contributed by atoms with E-state index in [1.54, 1.807) is 6.26 Å². The van der Waals surface area contributed by atoms with Crippen LogP contribution < -0.4 is 0 Å². The maximum atomic E-state index is 12.6. The van der Waals surface area contributed by atoms with Crippen LogP contribution in [0.3, 0.4) is 0 Å². The van der Waals surface area contributed by atoms with Gasteiger partial charge in [0.25, 0.3) is 0 Å². The quantitative estimate of drug-likeness (QED) is 0.640. The third-order valence-corrected chi connectivity index (χ3v) is 4.43. The fourth-order valence-electron chi connectivity index (χ4n) is 3.25. The van der Waals surface area contributed by atoms with Crippen LogP contribution in [0.2, 0.25) is 0 Å². The highest BCUT2D eigenvalue weighted by Crippen LogP contribution is 2.43. The molecule has 25 heavy (non-hydrogen) atoms. The molecule has 0 spiro atoms. The summed E-state index contributed by atoms with van der Waals surface area (Å²) < 4.78 is 11.2. The normalized spacial score (nSPS) is 17.0. The first kappa shape index (κ1) is 15.5. The number of carbonyl (C=O) groups excluding carboxylic acids is 1. The Morgan fingerprint density at radius 3 is 2.28 bits per heavy atom. The molecule has 124 valence electrons. The standard InChI is InChI=1S/C22H18O3/c1-15-12-18(14-24-15)20-19(13-16-8-4-2-5-9-16)22(23)25-21(20)17-10-6-3-7-11-17/h2-12,14,21H,13H2,1H3. The molecule has 0 saturated heterocycles. The highest BCUT2D eigenvalue weighted by atomic mass is 16.5. The van der Waals surface area contributed by atoms with E-state index < -0.39 is 6.10 Å². The largest absolute Gasteiger partial charge is 0.469 e. The molecular formula is C22H18O3. The van der Waals surface area contributed by atoms with Gasteiger partial charge >= 0.3 is 5.97 Å². The summed E-state index contributed by atoms with van der Waals surface area (Å²) in [5.41, 5.74) is 4.55. The van der Waals surface area contributed by atoms with Gasteiger partial charge in [-0.25, -0.2) is 4.79 Å². The molecule has 2 heterocycles. The first-order valence-electron chi connectivity index (χ1n) is 8.31. The van der Waals surface area contributed by atoms with Gasteiger partial charge in [0.05, 0.1) is 6.26 Å². The maximum Gasteiger partial charge on any atom is 0.335 e. The number of cyclic esters (lactones) is 1. The number of hydrogen-bond donors (Lipinski definition) is 0. The zero-order valence-electron chi connectivity index (χ0n) is 13.9. The second kappa shape index (κ2) is 6.44. The summed E-state index contributed by atoms with van der Waals surface area (Å²) >= 11 is 0. The molecule has 4 rings (SSSR count). The third kappa shape index (κ3) is 3.01. The Balaban J connectivity index is 1.83. The van der Waals surface area contributed by atoms with Gasteiger partial charge in [-0.15, -0.1) is 0 Å². The van der Waals surface area contributed by atoms with Crippen molar-refractivity contribution in [3.63, 3.8) is 0 Å². The smallest absolute Gasteiger partial charge is 0.335 e. The van der Waals surface area contributed by atoms with Crippen LogP contribution in [0, 0.1) is 6.92 Å². The average molecular weight is 330 g/mol. The molecule has 0 bridgehead atoms. The average Bonchev–Trinajstić information content (AvgIpc) is 3.20. The molecule has 1 aliphatic rings. The lowest BCUT2D eigenvalue weighted by Gasteiger charge is -2.13. The number of aryl methyl sites for hydroxylation is 1. The Kier molecular flexibility index (Phi) is 3.98. The van der Waals surface area contributed by atoms with Gasteiger partial charge in [0.15, 0.2) is 6.10 Å². The van der Waals surface area contributed by atoms with Gasteiger partial charge in [0.1, 0.15) is 5.76 Å². The lowest BCUT2D eigenvalue weighted by molar-refractivity contribution is -0.139. The van der Waals surface area contributed by atoms with Gasteiger partial charge in [-0.3, -0.25) is 0 Å². The summed E-state index contributed by atoms with van der Waals surface area (Å²) in [6.07, 6.45) is 1.85. The van der Waals surface area contributed by atoms with Crippen molar-refractivity contribution in [3.8, 4) is 0 Å². The minimum Gasteiger partial charge on any atom is -0.469 e. The molecule has 1 aromatic heterocycles. The molecule has 2 aromatic carbocycles. The van der Waals surface area contributed by atoms with Gasteiger partial charge in [-0.2, -0.15) is 0 Å². The number of carbonyl (C=O) groups is 1. The predicted molar refractivity (Wildman–Crippen MR) is 95.8 cm³/mol. The first-order chi connectivity index (χ1) is 12.2. The zero-order valence-corrected chi connectivity index (χ0v) is 13.9. The van der Waals surface area contributed by atoms with Crippen LogP contribution >= 0.6 is 0 Å². The Morgan fingerprint density at radius 2 is 1.64 bits per heavy atom. The van der Waals surface area contributed by atoms with Crippen molar-refractivity contribution in [2.45, 2.75) is 19.4 Å². The Hall–Kier alpha value is -3.07. The molecular weight excluding hydrogens is 312 g/mol. The molecule has 0 saturated carbocycles. The maximum absolute atomic E-state index is 12.6. The highest BCUT2D eigenvalue weighted by molar-refractivity contribution is 6.03. The summed E-state index contributed by atoms with van der Waals surface area (Å²) in [6.45, 7) is 1.90. The van der Waals surface area contributed by atoms with Gasteiger partial charge in [0, 0.05) is 23.1 Å². The molecule has 3 nitrogen and oxygen atoms in total. The van der Waals surface area contributed by atoms with Gasteiger partial charge in [-0.05, 0) is 24.1 Å². The lowest BCUT2D eigenvalue weighted by atomic mass is 9.91. The molecule has 1 atom stereocenters. The van der Waals surface area contributed by atoms with E-state index in [-0.39, 0.29) is 5.97 Å². The SMILES string of the molecule is Cc1cc(C2=C(Cc3ccccc3)C(=O)OC2c2ccccc2)co1. The summed E-state index contributed by atoms with van der Waals surface area (Å²) in [7, 11) is 0. The van der Waals surface area contributed by atoms with Crippen molar-refractivity contribution in [2.24, 2.45) is 0 Å². The fraction of sp³-hybridized carbons (Fsp3) is 0.136. The molecule has 0 amide bonds. The monoisotopic (exact) mass is 330 g/mol. The second-order valence-corrected chi connectivity index (χ2v) is 6.20. The van der Waals surface area contributed by atoms with E-state index in [1.165, 1.54) is 0 Å². The first-order valence-corrected chi connectivity index (χ1v) is 8.31. The summed E-state index contributed by atoms with van der Waals surface area (Å²) in [4.78, 5) is 12.6. The van der Waals surface area contributed by atoms with E-state index in [4.69, 9.17) is 9.15 Å². The van der Waals surface area contributed by atoms with Crippen LogP contribution in [0.4, 0.5) is 0 Å². The van der Waals surface area contributed by atoms with E-state index >= 15 is 0 Å². The van der Waals surface area contributed by atoms with Crippen LogP contribution in [0.15, 0.2) is 83.0 Å². The highest BCUT2D eigenvalue weighted by Gasteiger charge is 2.36. The van der Waals surface area contributed by atoms with Crippen molar-refractivity contribution in [2.75, 3.05) is 0 Å². The van der Waals surface area contributed by atoms with Gasteiger partial charge < -0.3 is 9.15 Å².